The number of carbonyl (C=O) groups excluding carboxylic acids is 1. The highest BCUT2D eigenvalue weighted by Gasteiger charge is 2.15. The molecule has 25 heavy (non-hydrogen) atoms. The molecule has 140 valence electrons. The van der Waals surface area contributed by atoms with Crippen molar-refractivity contribution in [3.05, 3.63) is 17.0 Å². The maximum absolute atomic E-state index is 11.9. The van der Waals surface area contributed by atoms with Gasteiger partial charge in [0.05, 0.1) is 18.8 Å². The number of nitrogens with zero attached hydrogens (tertiary/aromatic N) is 3. The van der Waals surface area contributed by atoms with Crippen molar-refractivity contribution in [3.8, 4) is 0 Å². The van der Waals surface area contributed by atoms with E-state index in [4.69, 9.17) is 4.52 Å². The highest BCUT2D eigenvalue weighted by Crippen LogP contribution is 2.22. The molecule has 0 aliphatic heterocycles. The van der Waals surface area contributed by atoms with Crippen LogP contribution in [-0.4, -0.2) is 49.1 Å². The summed E-state index contributed by atoms with van der Waals surface area (Å²) in [7, 11) is 3.50. The number of hydrogen-bond donors (Lipinski definition) is 2. The number of nitrogens with one attached hydrogen (secondary N) is 2. The third-order valence-electron chi connectivity index (χ3n) is 4.77. The van der Waals surface area contributed by atoms with Gasteiger partial charge >= 0.3 is 0 Å². The highest BCUT2D eigenvalue weighted by atomic mass is 16.5. The van der Waals surface area contributed by atoms with Crippen LogP contribution in [0.25, 0.3) is 0 Å². The number of carbonyl (C=O) groups is 1. The fourth-order valence-electron chi connectivity index (χ4n) is 3.01. The van der Waals surface area contributed by atoms with E-state index in [-0.39, 0.29) is 12.5 Å². The molecular formula is C18H31N5O2. The van der Waals surface area contributed by atoms with Gasteiger partial charge < -0.3 is 20.1 Å². The Bertz CT molecular complexity index is 569. The summed E-state index contributed by atoms with van der Waals surface area (Å²) < 4.78 is 5.19. The van der Waals surface area contributed by atoms with E-state index in [2.05, 4.69) is 20.8 Å². The van der Waals surface area contributed by atoms with Gasteiger partial charge in [0, 0.05) is 26.2 Å². The summed E-state index contributed by atoms with van der Waals surface area (Å²) in [6.07, 6.45) is 6.50. The van der Waals surface area contributed by atoms with E-state index in [1.54, 1.807) is 19.0 Å². The second kappa shape index (κ2) is 9.44. The van der Waals surface area contributed by atoms with Crippen LogP contribution in [0.1, 0.15) is 49.1 Å². The van der Waals surface area contributed by atoms with Crippen molar-refractivity contribution in [2.45, 2.75) is 52.5 Å². The Balaban J connectivity index is 1.96. The minimum Gasteiger partial charge on any atom is -0.361 e. The van der Waals surface area contributed by atoms with Crippen LogP contribution in [0.2, 0.25) is 0 Å². The van der Waals surface area contributed by atoms with Gasteiger partial charge in [0.25, 0.3) is 0 Å². The van der Waals surface area contributed by atoms with E-state index < -0.39 is 0 Å². The molecule has 0 saturated heterocycles. The minimum atomic E-state index is 0.0181. The third-order valence-corrected chi connectivity index (χ3v) is 4.77. The maximum atomic E-state index is 11.9. The quantitative estimate of drug-likeness (QED) is 0.606. The van der Waals surface area contributed by atoms with Gasteiger partial charge in [-0.15, -0.1) is 0 Å². The smallest absolute Gasteiger partial charge is 0.241 e. The van der Waals surface area contributed by atoms with E-state index in [1.165, 1.54) is 32.1 Å². The summed E-state index contributed by atoms with van der Waals surface area (Å²) in [6, 6.07) is 0. The van der Waals surface area contributed by atoms with Gasteiger partial charge in [-0.3, -0.25) is 4.79 Å². The molecule has 0 unspecified atom stereocenters. The number of aryl methyl sites for hydroxylation is 2. The Hall–Kier alpha value is -2.05. The first-order valence-electron chi connectivity index (χ1n) is 9.11. The van der Waals surface area contributed by atoms with Crippen molar-refractivity contribution in [3.63, 3.8) is 0 Å². The van der Waals surface area contributed by atoms with Gasteiger partial charge in [0.15, 0.2) is 5.96 Å². The number of likely N-dealkylation sites (N-methyl/N-ethyl adjacent to an activating group) is 1. The van der Waals surface area contributed by atoms with E-state index in [1.807, 2.05) is 13.8 Å². The molecule has 2 N–H and O–H groups in total. The molecule has 0 aromatic carbocycles. The lowest BCUT2D eigenvalue weighted by molar-refractivity contribution is -0.127. The first kappa shape index (κ1) is 19.3. The number of rotatable bonds is 6. The average Bonchev–Trinajstić information content (AvgIpc) is 2.93. The second-order valence-corrected chi connectivity index (χ2v) is 6.99. The van der Waals surface area contributed by atoms with Crippen LogP contribution >= 0.6 is 0 Å². The number of hydrogen-bond acceptors (Lipinski definition) is 4. The van der Waals surface area contributed by atoms with Crippen molar-refractivity contribution in [1.29, 1.82) is 0 Å². The van der Waals surface area contributed by atoms with E-state index in [0.717, 1.165) is 23.6 Å². The summed E-state index contributed by atoms with van der Waals surface area (Å²) in [4.78, 5) is 18.0. The molecule has 0 bridgehead atoms. The second-order valence-electron chi connectivity index (χ2n) is 6.99. The van der Waals surface area contributed by atoms with Crippen LogP contribution in [0.15, 0.2) is 9.52 Å². The molecule has 1 aromatic heterocycles. The summed E-state index contributed by atoms with van der Waals surface area (Å²) in [6.45, 7) is 5.41. The molecule has 0 spiro atoms. The third kappa shape index (κ3) is 6.07. The molecule has 1 amide bonds. The van der Waals surface area contributed by atoms with Crippen LogP contribution in [0.5, 0.6) is 0 Å². The van der Waals surface area contributed by atoms with Crippen LogP contribution in [0.4, 0.5) is 0 Å². The largest absolute Gasteiger partial charge is 0.361 e. The molecule has 1 fully saturated rings. The molecule has 1 aliphatic rings. The lowest BCUT2D eigenvalue weighted by Gasteiger charge is -2.23. The molecule has 1 aliphatic carbocycles. The molecular weight excluding hydrogens is 318 g/mol. The Labute approximate surface area is 150 Å². The van der Waals surface area contributed by atoms with Crippen LogP contribution < -0.4 is 10.6 Å². The minimum absolute atomic E-state index is 0.0181. The number of aliphatic imine (C=N–C) groups is 1. The van der Waals surface area contributed by atoms with Crippen LogP contribution in [-0.2, 0) is 11.3 Å². The average molecular weight is 349 g/mol. The van der Waals surface area contributed by atoms with Crippen LogP contribution in [0.3, 0.4) is 0 Å². The number of amides is 1. The summed E-state index contributed by atoms with van der Waals surface area (Å²) >= 11 is 0. The fraction of sp³-hybridized carbons (Fsp3) is 0.722. The zero-order valence-corrected chi connectivity index (χ0v) is 15.9. The Morgan fingerprint density at radius 3 is 2.56 bits per heavy atom. The summed E-state index contributed by atoms with van der Waals surface area (Å²) in [5.41, 5.74) is 1.86. The standard InChI is InChI=1S/C18H31N5O2/c1-13-16(14(2)25-22-13)11-20-18(21-12-17(24)23(3)4)19-10-15-8-6-5-7-9-15/h15H,5-12H2,1-4H3,(H2,19,20,21). The monoisotopic (exact) mass is 349 g/mol. The lowest BCUT2D eigenvalue weighted by atomic mass is 9.89. The number of guanidine groups is 1. The normalized spacial score (nSPS) is 15.9. The van der Waals surface area contributed by atoms with Gasteiger partial charge in [0.2, 0.25) is 5.91 Å². The van der Waals surface area contributed by atoms with Gasteiger partial charge in [0.1, 0.15) is 5.76 Å². The van der Waals surface area contributed by atoms with Crippen molar-refractivity contribution >= 4 is 11.9 Å². The maximum Gasteiger partial charge on any atom is 0.241 e. The SMILES string of the molecule is Cc1noc(C)c1CN=C(NCC(=O)N(C)C)NCC1CCCCC1. The van der Waals surface area contributed by atoms with E-state index >= 15 is 0 Å². The van der Waals surface area contributed by atoms with Gasteiger partial charge in [-0.25, -0.2) is 4.99 Å². The Morgan fingerprint density at radius 2 is 1.96 bits per heavy atom. The summed E-state index contributed by atoms with van der Waals surface area (Å²) in [5, 5.41) is 10.5. The topological polar surface area (TPSA) is 82.8 Å². The van der Waals surface area contributed by atoms with Crippen molar-refractivity contribution in [1.82, 2.24) is 20.7 Å². The predicted octanol–water partition coefficient (Wildman–Crippen LogP) is 2.00. The first-order chi connectivity index (χ1) is 12.0. The van der Waals surface area contributed by atoms with Crippen molar-refractivity contribution in [2.75, 3.05) is 27.2 Å². The number of aromatic nitrogens is 1. The van der Waals surface area contributed by atoms with Gasteiger partial charge in [-0.2, -0.15) is 0 Å². The summed E-state index contributed by atoms with van der Waals surface area (Å²) in [5.74, 6) is 2.16. The van der Waals surface area contributed by atoms with E-state index in [9.17, 15) is 4.79 Å². The predicted molar refractivity (Wildman–Crippen MR) is 98.4 cm³/mol. The molecule has 7 heteroatoms. The Morgan fingerprint density at radius 1 is 1.24 bits per heavy atom. The molecule has 0 atom stereocenters. The molecule has 7 nitrogen and oxygen atoms in total. The zero-order valence-electron chi connectivity index (χ0n) is 15.9. The van der Waals surface area contributed by atoms with Crippen molar-refractivity contribution in [2.24, 2.45) is 10.9 Å². The molecule has 2 rings (SSSR count). The molecule has 1 saturated carbocycles. The Kier molecular flexibility index (Phi) is 7.28. The van der Waals surface area contributed by atoms with Crippen molar-refractivity contribution < 1.29 is 9.32 Å². The van der Waals surface area contributed by atoms with Gasteiger partial charge in [-0.05, 0) is 32.6 Å². The highest BCUT2D eigenvalue weighted by molar-refractivity contribution is 5.86. The molecule has 0 radical (unpaired) electrons. The van der Waals surface area contributed by atoms with Crippen LogP contribution in [0, 0.1) is 19.8 Å². The van der Waals surface area contributed by atoms with Gasteiger partial charge in [-0.1, -0.05) is 24.4 Å². The zero-order chi connectivity index (χ0) is 18.2. The lowest BCUT2D eigenvalue weighted by Crippen LogP contribution is -2.44. The molecule has 1 aromatic rings. The first-order valence-corrected chi connectivity index (χ1v) is 9.11. The molecule has 1 heterocycles. The van der Waals surface area contributed by atoms with E-state index in [0.29, 0.717) is 18.4 Å². The fourth-order valence-corrected chi connectivity index (χ4v) is 3.01.